The van der Waals surface area contributed by atoms with Gasteiger partial charge in [0.1, 0.15) is 11.5 Å². The van der Waals surface area contributed by atoms with Gasteiger partial charge in [0, 0.05) is 11.1 Å². The first-order valence-electron chi connectivity index (χ1n) is 8.67. The molecule has 3 aromatic rings. The van der Waals surface area contributed by atoms with Crippen LogP contribution < -0.4 is 14.8 Å². The third-order valence-corrected chi connectivity index (χ3v) is 3.79. The van der Waals surface area contributed by atoms with Gasteiger partial charge in [-0.3, -0.25) is 4.79 Å². The van der Waals surface area contributed by atoms with Gasteiger partial charge in [0.2, 0.25) is 11.7 Å². The first-order chi connectivity index (χ1) is 13.2. The Morgan fingerprint density at radius 1 is 1.15 bits per heavy atom. The summed E-state index contributed by atoms with van der Waals surface area (Å²) in [6.45, 7) is 2.83. The SMILES string of the molecule is CCCOc1ccc(C(=O)NCc2nc(-c3cccc(OC)c3)no2)cc1. The summed E-state index contributed by atoms with van der Waals surface area (Å²) >= 11 is 0. The number of aromatic nitrogens is 2. The van der Waals surface area contributed by atoms with Crippen LogP contribution >= 0.6 is 0 Å². The predicted molar refractivity (Wildman–Crippen MR) is 99.7 cm³/mol. The van der Waals surface area contributed by atoms with Gasteiger partial charge in [-0.15, -0.1) is 0 Å². The lowest BCUT2D eigenvalue weighted by molar-refractivity contribution is 0.0946. The second-order valence-electron chi connectivity index (χ2n) is 5.80. The summed E-state index contributed by atoms with van der Waals surface area (Å²) in [4.78, 5) is 16.5. The molecule has 1 heterocycles. The highest BCUT2D eigenvalue weighted by atomic mass is 16.5. The number of carbonyl (C=O) groups is 1. The molecule has 1 aromatic heterocycles. The lowest BCUT2D eigenvalue weighted by Gasteiger charge is -2.06. The van der Waals surface area contributed by atoms with Gasteiger partial charge in [-0.25, -0.2) is 0 Å². The number of amides is 1. The molecule has 0 atom stereocenters. The van der Waals surface area contributed by atoms with E-state index in [0.29, 0.717) is 29.6 Å². The maximum atomic E-state index is 12.2. The molecule has 0 unspecified atom stereocenters. The summed E-state index contributed by atoms with van der Waals surface area (Å²) in [6, 6.07) is 14.3. The summed E-state index contributed by atoms with van der Waals surface area (Å²) in [5.41, 5.74) is 1.31. The first kappa shape index (κ1) is 18.4. The minimum absolute atomic E-state index is 0.143. The number of hydrogen-bond acceptors (Lipinski definition) is 6. The highest BCUT2D eigenvalue weighted by Gasteiger charge is 2.11. The van der Waals surface area contributed by atoms with Crippen molar-refractivity contribution in [3.8, 4) is 22.9 Å². The number of rotatable bonds is 8. The second kappa shape index (κ2) is 8.84. The van der Waals surface area contributed by atoms with Crippen LogP contribution in [-0.4, -0.2) is 29.8 Å². The van der Waals surface area contributed by atoms with Crippen molar-refractivity contribution in [2.24, 2.45) is 0 Å². The number of hydrogen-bond donors (Lipinski definition) is 1. The Morgan fingerprint density at radius 3 is 2.70 bits per heavy atom. The molecule has 1 N–H and O–H groups in total. The van der Waals surface area contributed by atoms with Crippen LogP contribution in [0.4, 0.5) is 0 Å². The molecular formula is C20H21N3O4. The Labute approximate surface area is 157 Å². The van der Waals surface area contributed by atoms with Crippen LogP contribution in [-0.2, 0) is 6.54 Å². The highest BCUT2D eigenvalue weighted by Crippen LogP contribution is 2.21. The molecular weight excluding hydrogens is 346 g/mol. The second-order valence-corrected chi connectivity index (χ2v) is 5.80. The van der Waals surface area contributed by atoms with E-state index < -0.39 is 0 Å². The van der Waals surface area contributed by atoms with E-state index in [1.807, 2.05) is 31.2 Å². The molecule has 27 heavy (non-hydrogen) atoms. The third kappa shape index (κ3) is 4.84. The molecule has 0 bridgehead atoms. The van der Waals surface area contributed by atoms with E-state index in [1.165, 1.54) is 0 Å². The Bertz CT molecular complexity index is 890. The number of benzene rings is 2. The number of ether oxygens (including phenoxy) is 2. The first-order valence-corrected chi connectivity index (χ1v) is 8.67. The number of methoxy groups -OCH3 is 1. The fraction of sp³-hybridized carbons (Fsp3) is 0.250. The van der Waals surface area contributed by atoms with Gasteiger partial charge in [0.15, 0.2) is 0 Å². The molecule has 0 radical (unpaired) electrons. The zero-order valence-corrected chi connectivity index (χ0v) is 15.3. The molecule has 0 saturated heterocycles. The van der Waals surface area contributed by atoms with Crippen molar-refractivity contribution in [2.45, 2.75) is 19.9 Å². The van der Waals surface area contributed by atoms with Crippen LogP contribution in [0, 0.1) is 0 Å². The molecule has 2 aromatic carbocycles. The smallest absolute Gasteiger partial charge is 0.251 e. The maximum absolute atomic E-state index is 12.2. The van der Waals surface area contributed by atoms with E-state index in [0.717, 1.165) is 17.7 Å². The van der Waals surface area contributed by atoms with Crippen molar-refractivity contribution in [2.75, 3.05) is 13.7 Å². The van der Waals surface area contributed by atoms with E-state index in [9.17, 15) is 4.79 Å². The summed E-state index contributed by atoms with van der Waals surface area (Å²) in [6.07, 6.45) is 0.935. The Kier molecular flexibility index (Phi) is 6.04. The molecule has 0 saturated carbocycles. The van der Waals surface area contributed by atoms with Crippen LogP contribution in [0.2, 0.25) is 0 Å². The molecule has 0 spiro atoms. The molecule has 0 aliphatic heterocycles. The fourth-order valence-electron chi connectivity index (χ4n) is 2.39. The number of carbonyl (C=O) groups excluding carboxylic acids is 1. The molecule has 1 amide bonds. The Balaban J connectivity index is 1.58. The van der Waals surface area contributed by atoms with Gasteiger partial charge >= 0.3 is 0 Å². The number of nitrogens with one attached hydrogen (secondary N) is 1. The largest absolute Gasteiger partial charge is 0.497 e. The van der Waals surface area contributed by atoms with Crippen molar-refractivity contribution < 1.29 is 18.8 Å². The quantitative estimate of drug-likeness (QED) is 0.656. The topological polar surface area (TPSA) is 86.5 Å². The van der Waals surface area contributed by atoms with E-state index in [-0.39, 0.29) is 12.5 Å². The highest BCUT2D eigenvalue weighted by molar-refractivity contribution is 5.94. The average molecular weight is 367 g/mol. The zero-order chi connectivity index (χ0) is 19.1. The van der Waals surface area contributed by atoms with Gasteiger partial charge in [0.05, 0.1) is 20.3 Å². The van der Waals surface area contributed by atoms with Gasteiger partial charge in [-0.1, -0.05) is 24.2 Å². The van der Waals surface area contributed by atoms with E-state index >= 15 is 0 Å². The molecule has 0 fully saturated rings. The molecule has 7 heteroatoms. The zero-order valence-electron chi connectivity index (χ0n) is 15.3. The Morgan fingerprint density at radius 2 is 1.96 bits per heavy atom. The van der Waals surface area contributed by atoms with E-state index in [1.54, 1.807) is 31.4 Å². The minimum Gasteiger partial charge on any atom is -0.497 e. The molecule has 140 valence electrons. The molecule has 7 nitrogen and oxygen atoms in total. The lowest BCUT2D eigenvalue weighted by atomic mass is 10.2. The normalized spacial score (nSPS) is 10.4. The maximum Gasteiger partial charge on any atom is 0.251 e. The van der Waals surface area contributed by atoms with Crippen LogP contribution in [0.1, 0.15) is 29.6 Å². The predicted octanol–water partition coefficient (Wildman–Crippen LogP) is 3.46. The average Bonchev–Trinajstić information content (AvgIpc) is 3.20. The van der Waals surface area contributed by atoms with Crippen LogP contribution in [0.3, 0.4) is 0 Å². The standard InChI is InChI=1S/C20H21N3O4/c1-3-11-26-16-9-7-14(8-10-16)20(24)21-13-18-22-19(23-27-18)15-5-4-6-17(12-15)25-2/h4-10,12H,3,11,13H2,1-2H3,(H,21,24). The summed E-state index contributed by atoms with van der Waals surface area (Å²) < 4.78 is 15.9. The van der Waals surface area contributed by atoms with Crippen molar-refractivity contribution >= 4 is 5.91 Å². The van der Waals surface area contributed by atoms with Crippen molar-refractivity contribution in [3.63, 3.8) is 0 Å². The summed E-state index contributed by atoms with van der Waals surface area (Å²) in [5, 5.41) is 6.71. The molecule has 3 rings (SSSR count). The molecule has 0 aliphatic rings. The van der Waals surface area contributed by atoms with Crippen LogP contribution in [0.5, 0.6) is 11.5 Å². The third-order valence-electron chi connectivity index (χ3n) is 3.79. The van der Waals surface area contributed by atoms with Crippen LogP contribution in [0.25, 0.3) is 11.4 Å². The Hall–Kier alpha value is -3.35. The molecule has 0 aliphatic carbocycles. The fourth-order valence-corrected chi connectivity index (χ4v) is 2.39. The minimum atomic E-state index is -0.224. The summed E-state index contributed by atoms with van der Waals surface area (Å²) in [5.74, 6) is 1.99. The van der Waals surface area contributed by atoms with E-state index in [2.05, 4.69) is 15.5 Å². The van der Waals surface area contributed by atoms with Crippen LogP contribution in [0.15, 0.2) is 53.1 Å². The van der Waals surface area contributed by atoms with Gasteiger partial charge in [-0.2, -0.15) is 4.98 Å². The summed E-state index contributed by atoms with van der Waals surface area (Å²) in [7, 11) is 1.60. The van der Waals surface area contributed by atoms with Gasteiger partial charge in [-0.05, 0) is 42.8 Å². The monoisotopic (exact) mass is 367 g/mol. The number of nitrogens with zero attached hydrogens (tertiary/aromatic N) is 2. The van der Waals surface area contributed by atoms with Gasteiger partial charge < -0.3 is 19.3 Å². The van der Waals surface area contributed by atoms with Crippen molar-refractivity contribution in [1.82, 2.24) is 15.5 Å². The lowest BCUT2D eigenvalue weighted by Crippen LogP contribution is -2.22. The van der Waals surface area contributed by atoms with E-state index in [4.69, 9.17) is 14.0 Å². The van der Waals surface area contributed by atoms with Crippen molar-refractivity contribution in [1.29, 1.82) is 0 Å². The van der Waals surface area contributed by atoms with Gasteiger partial charge in [0.25, 0.3) is 5.91 Å². The van der Waals surface area contributed by atoms with Crippen molar-refractivity contribution in [3.05, 3.63) is 60.0 Å².